The lowest BCUT2D eigenvalue weighted by Gasteiger charge is -2.50. The summed E-state index contributed by atoms with van der Waals surface area (Å²) >= 11 is 6.83. The van der Waals surface area contributed by atoms with Gasteiger partial charge in [-0.3, -0.25) is 14.9 Å². The molecule has 4 atom stereocenters. The lowest BCUT2D eigenvalue weighted by Crippen LogP contribution is -2.65. The van der Waals surface area contributed by atoms with Crippen LogP contribution in [0.4, 0.5) is 5.69 Å². The minimum absolute atomic E-state index is 0.0244. The van der Waals surface area contributed by atoms with Crippen LogP contribution in [0.1, 0.15) is 26.3 Å². The standard InChI is InChI=1S/C21H28N2O6S2Si/c1-21(2,3)14(11-29-32(4)5)15-17(24)22-16(20(30)31-18(15)22)19(25)28-10-12-6-8-13(9-7-12)23(26)27/h6-9,14-16,18,32H,10-11H2,1-5H3/t14?,15?,16?,18-/m1/s1. The van der Waals surface area contributed by atoms with Gasteiger partial charge >= 0.3 is 5.97 Å². The van der Waals surface area contributed by atoms with Crippen LogP contribution in [0.15, 0.2) is 24.3 Å². The summed E-state index contributed by atoms with van der Waals surface area (Å²) < 4.78 is 11.8. The summed E-state index contributed by atoms with van der Waals surface area (Å²) in [4.78, 5) is 37.7. The Balaban J connectivity index is 1.66. The summed E-state index contributed by atoms with van der Waals surface area (Å²) in [6.07, 6.45) is 0. The molecule has 2 aliphatic heterocycles. The minimum Gasteiger partial charge on any atom is -0.459 e. The molecule has 0 aliphatic carbocycles. The third kappa shape index (κ3) is 5.05. The average Bonchev–Trinajstić information content (AvgIpc) is 3.01. The first-order chi connectivity index (χ1) is 14.9. The van der Waals surface area contributed by atoms with Gasteiger partial charge in [-0.25, -0.2) is 4.79 Å². The van der Waals surface area contributed by atoms with Crippen molar-refractivity contribution in [2.75, 3.05) is 6.61 Å². The molecular weight excluding hydrogens is 468 g/mol. The molecule has 3 unspecified atom stereocenters. The van der Waals surface area contributed by atoms with Gasteiger partial charge in [-0.05, 0) is 36.2 Å². The van der Waals surface area contributed by atoms with Gasteiger partial charge in [0.1, 0.15) is 6.61 Å². The van der Waals surface area contributed by atoms with E-state index in [0.717, 1.165) is 0 Å². The summed E-state index contributed by atoms with van der Waals surface area (Å²) in [5.41, 5.74) is 0.450. The average molecular weight is 497 g/mol. The number of β-lactam (4-membered cyclic amide) rings is 1. The molecule has 2 fully saturated rings. The Bertz CT molecular complexity index is 918. The topological polar surface area (TPSA) is 99.0 Å². The molecule has 8 nitrogen and oxygen atoms in total. The van der Waals surface area contributed by atoms with Crippen LogP contribution in [0.25, 0.3) is 0 Å². The molecule has 0 spiro atoms. The van der Waals surface area contributed by atoms with Crippen molar-refractivity contribution in [2.24, 2.45) is 17.3 Å². The smallest absolute Gasteiger partial charge is 0.335 e. The number of fused-ring (bicyclic) bond motifs is 1. The number of carbonyl (C=O) groups excluding carboxylic acids is 2. The quantitative estimate of drug-likeness (QED) is 0.135. The van der Waals surface area contributed by atoms with Crippen molar-refractivity contribution in [3.8, 4) is 0 Å². The molecule has 1 aromatic rings. The summed E-state index contributed by atoms with van der Waals surface area (Å²) in [6, 6.07) is 4.89. The molecule has 0 radical (unpaired) electrons. The molecule has 32 heavy (non-hydrogen) atoms. The number of benzene rings is 1. The molecule has 0 aromatic heterocycles. The van der Waals surface area contributed by atoms with Crippen molar-refractivity contribution in [3.63, 3.8) is 0 Å². The van der Waals surface area contributed by atoms with Crippen LogP contribution in [0.2, 0.25) is 13.1 Å². The number of esters is 1. The van der Waals surface area contributed by atoms with Gasteiger partial charge in [0.15, 0.2) is 15.1 Å². The zero-order valence-electron chi connectivity index (χ0n) is 18.8. The highest BCUT2D eigenvalue weighted by Crippen LogP contribution is 2.51. The number of ether oxygens (including phenoxy) is 1. The number of hydrogen-bond acceptors (Lipinski definition) is 8. The van der Waals surface area contributed by atoms with Crippen LogP contribution in [0.5, 0.6) is 0 Å². The fourth-order valence-electron chi connectivity index (χ4n) is 3.93. The number of thioether (sulfide) groups is 1. The number of thiocarbonyl (C=S) groups is 1. The van der Waals surface area contributed by atoms with E-state index in [1.165, 1.54) is 36.0 Å². The summed E-state index contributed by atoms with van der Waals surface area (Å²) in [5.74, 6) is -0.892. The van der Waals surface area contributed by atoms with E-state index in [0.29, 0.717) is 16.4 Å². The van der Waals surface area contributed by atoms with Crippen LogP contribution >= 0.6 is 24.0 Å². The maximum absolute atomic E-state index is 13.1. The number of amides is 1. The number of carbonyl (C=O) groups is 2. The number of hydrogen-bond donors (Lipinski definition) is 0. The molecule has 3 rings (SSSR count). The van der Waals surface area contributed by atoms with E-state index in [9.17, 15) is 19.7 Å². The van der Waals surface area contributed by atoms with Gasteiger partial charge < -0.3 is 14.1 Å². The Hall–Kier alpha value is -1.82. The number of non-ortho nitro benzene ring substituents is 1. The first kappa shape index (κ1) is 24.8. The van der Waals surface area contributed by atoms with Crippen LogP contribution in [0.3, 0.4) is 0 Å². The van der Waals surface area contributed by atoms with E-state index in [1.807, 2.05) is 0 Å². The molecule has 11 heteroatoms. The van der Waals surface area contributed by atoms with Gasteiger partial charge in [0.2, 0.25) is 5.91 Å². The molecule has 0 bridgehead atoms. The van der Waals surface area contributed by atoms with Crippen molar-refractivity contribution < 1.29 is 23.7 Å². The van der Waals surface area contributed by atoms with E-state index in [2.05, 4.69) is 33.9 Å². The molecule has 2 saturated heterocycles. The Morgan fingerprint density at radius 2 is 1.94 bits per heavy atom. The molecule has 0 N–H and O–H groups in total. The lowest BCUT2D eigenvalue weighted by atomic mass is 9.70. The summed E-state index contributed by atoms with van der Waals surface area (Å²) in [7, 11) is -1.23. The van der Waals surface area contributed by atoms with Gasteiger partial charge in [0, 0.05) is 24.7 Å². The number of rotatable bonds is 8. The molecular formula is C21H28N2O6S2Si. The Labute approximate surface area is 198 Å². The van der Waals surface area contributed by atoms with Gasteiger partial charge in [0.25, 0.3) is 5.69 Å². The predicted molar refractivity (Wildman–Crippen MR) is 129 cm³/mol. The van der Waals surface area contributed by atoms with Crippen molar-refractivity contribution in [1.29, 1.82) is 0 Å². The van der Waals surface area contributed by atoms with Crippen molar-refractivity contribution in [1.82, 2.24) is 4.90 Å². The lowest BCUT2D eigenvalue weighted by molar-refractivity contribution is -0.384. The van der Waals surface area contributed by atoms with Crippen LogP contribution in [0, 0.1) is 27.4 Å². The first-order valence-corrected chi connectivity index (χ1v) is 14.5. The second-order valence-electron chi connectivity index (χ2n) is 9.39. The van der Waals surface area contributed by atoms with Crippen LogP contribution in [-0.2, 0) is 25.4 Å². The highest BCUT2D eigenvalue weighted by Gasteiger charge is 2.62. The minimum atomic E-state index is -1.23. The molecule has 1 amide bonds. The van der Waals surface area contributed by atoms with Gasteiger partial charge in [-0.2, -0.15) is 0 Å². The highest BCUT2D eigenvalue weighted by atomic mass is 32.2. The fourth-order valence-corrected chi connectivity index (χ4v) is 6.39. The zero-order valence-corrected chi connectivity index (χ0v) is 21.6. The molecule has 0 saturated carbocycles. The summed E-state index contributed by atoms with van der Waals surface area (Å²) in [5, 5.41) is 10.6. The van der Waals surface area contributed by atoms with Gasteiger partial charge in [-0.15, -0.1) is 0 Å². The Morgan fingerprint density at radius 1 is 1.31 bits per heavy atom. The molecule has 2 aliphatic rings. The number of nitro benzene ring substituents is 1. The maximum Gasteiger partial charge on any atom is 0.335 e. The normalized spacial score (nSPS) is 23.7. The fraction of sp³-hybridized carbons (Fsp3) is 0.571. The van der Waals surface area contributed by atoms with E-state index >= 15 is 0 Å². The third-order valence-electron chi connectivity index (χ3n) is 5.77. The van der Waals surface area contributed by atoms with Gasteiger partial charge in [0.05, 0.1) is 20.4 Å². The molecule has 1 aromatic carbocycles. The SMILES string of the molecule is C[SiH](C)OCC(C1C(=O)N2C(C(=O)OCc3ccc([N+](=O)[O-])cc3)C(=S)S[C@H]12)C(C)(C)C. The van der Waals surface area contributed by atoms with E-state index < -0.39 is 26.0 Å². The van der Waals surface area contributed by atoms with Crippen molar-refractivity contribution in [2.45, 2.75) is 51.9 Å². The highest BCUT2D eigenvalue weighted by molar-refractivity contribution is 8.24. The van der Waals surface area contributed by atoms with Crippen LogP contribution < -0.4 is 0 Å². The summed E-state index contributed by atoms with van der Waals surface area (Å²) in [6.45, 7) is 11.0. The zero-order chi connectivity index (χ0) is 23.8. The third-order valence-corrected chi connectivity index (χ3v) is 8.35. The molecule has 174 valence electrons. The van der Waals surface area contributed by atoms with Crippen LogP contribution in [-0.4, -0.2) is 53.0 Å². The van der Waals surface area contributed by atoms with E-state index in [1.54, 1.807) is 4.90 Å². The van der Waals surface area contributed by atoms with Crippen molar-refractivity contribution in [3.05, 3.63) is 39.9 Å². The number of nitrogens with zero attached hydrogens (tertiary/aromatic N) is 2. The monoisotopic (exact) mass is 496 g/mol. The number of nitro groups is 1. The maximum atomic E-state index is 13.1. The first-order valence-electron chi connectivity index (χ1n) is 10.5. The largest absolute Gasteiger partial charge is 0.459 e. The van der Waals surface area contributed by atoms with E-state index in [4.69, 9.17) is 21.4 Å². The predicted octanol–water partition coefficient (Wildman–Crippen LogP) is 3.53. The van der Waals surface area contributed by atoms with Gasteiger partial charge in [-0.1, -0.05) is 44.8 Å². The second-order valence-corrected chi connectivity index (χ2v) is 13.7. The second kappa shape index (κ2) is 9.58. The Morgan fingerprint density at radius 3 is 2.47 bits per heavy atom. The Kier molecular flexibility index (Phi) is 7.43. The molecule has 2 heterocycles. The van der Waals surface area contributed by atoms with E-state index in [-0.39, 0.29) is 40.8 Å². The van der Waals surface area contributed by atoms with Crippen molar-refractivity contribution >= 4 is 54.8 Å².